The summed E-state index contributed by atoms with van der Waals surface area (Å²) in [6, 6.07) is 3.47. The van der Waals surface area contributed by atoms with Crippen molar-refractivity contribution >= 4 is 15.7 Å². The highest BCUT2D eigenvalue weighted by molar-refractivity contribution is 7.89. The average molecular weight is 312 g/mol. The minimum Gasteiger partial charge on any atom is -0.399 e. The number of nitrogens with zero attached hydrogens (tertiary/aromatic N) is 1. The van der Waals surface area contributed by atoms with Crippen molar-refractivity contribution in [2.24, 2.45) is 0 Å². The third-order valence-corrected chi connectivity index (χ3v) is 6.33. The van der Waals surface area contributed by atoms with Gasteiger partial charge in [-0.25, -0.2) is 8.42 Å². The molecule has 0 radical (unpaired) electrons. The van der Waals surface area contributed by atoms with Crippen LogP contribution in [0.4, 0.5) is 5.69 Å². The van der Waals surface area contributed by atoms with E-state index in [0.29, 0.717) is 34.7 Å². The molecule has 1 aromatic rings. The van der Waals surface area contributed by atoms with Gasteiger partial charge in [0.25, 0.3) is 0 Å². The van der Waals surface area contributed by atoms with Gasteiger partial charge in [-0.05, 0) is 56.4 Å². The Bertz CT molecular complexity index is 586. The van der Waals surface area contributed by atoms with Crippen molar-refractivity contribution in [1.29, 1.82) is 0 Å². The van der Waals surface area contributed by atoms with Crippen molar-refractivity contribution in [2.45, 2.75) is 50.5 Å². The van der Waals surface area contributed by atoms with Crippen molar-refractivity contribution in [3.05, 3.63) is 23.3 Å². The maximum Gasteiger partial charge on any atom is 0.243 e. The number of aryl methyl sites for hydroxylation is 2. The van der Waals surface area contributed by atoms with E-state index < -0.39 is 10.0 Å². The molecule has 1 fully saturated rings. The van der Waals surface area contributed by atoms with Gasteiger partial charge in [-0.3, -0.25) is 0 Å². The lowest BCUT2D eigenvalue weighted by Gasteiger charge is -2.37. The van der Waals surface area contributed by atoms with Crippen LogP contribution in [0.3, 0.4) is 0 Å². The average Bonchev–Trinajstić information content (AvgIpc) is 2.29. The smallest absolute Gasteiger partial charge is 0.243 e. The molecule has 0 bridgehead atoms. The molecular formula is C15H24N2O3S. The van der Waals surface area contributed by atoms with Crippen LogP contribution in [0.2, 0.25) is 0 Å². The molecule has 21 heavy (non-hydrogen) atoms. The quantitative estimate of drug-likeness (QED) is 0.785. The minimum absolute atomic E-state index is 0.00155. The van der Waals surface area contributed by atoms with Crippen LogP contribution in [-0.2, 0) is 10.0 Å². The van der Waals surface area contributed by atoms with Crippen LogP contribution in [0.1, 0.15) is 36.8 Å². The summed E-state index contributed by atoms with van der Waals surface area (Å²) in [5.74, 6) is 0. The first kappa shape index (κ1) is 16.3. The molecule has 0 unspecified atom stereocenters. The van der Waals surface area contributed by atoms with Crippen LogP contribution in [-0.4, -0.2) is 37.0 Å². The van der Waals surface area contributed by atoms with Gasteiger partial charge in [0.15, 0.2) is 0 Å². The summed E-state index contributed by atoms with van der Waals surface area (Å²) in [5, 5.41) is 9.03. The maximum absolute atomic E-state index is 13.0. The van der Waals surface area contributed by atoms with Gasteiger partial charge >= 0.3 is 0 Å². The lowest BCUT2D eigenvalue weighted by atomic mass is 9.93. The third kappa shape index (κ3) is 3.22. The molecule has 118 valence electrons. The van der Waals surface area contributed by atoms with Crippen molar-refractivity contribution in [3.63, 3.8) is 0 Å². The number of nitrogens with two attached hydrogens (primary N) is 1. The highest BCUT2D eigenvalue weighted by Gasteiger charge is 2.35. The number of aliphatic hydroxyl groups excluding tert-OH is 1. The number of nitrogen functional groups attached to an aromatic ring is 1. The molecule has 1 saturated carbocycles. The second-order valence-electron chi connectivity index (χ2n) is 5.76. The van der Waals surface area contributed by atoms with Crippen molar-refractivity contribution in [1.82, 2.24) is 4.31 Å². The van der Waals surface area contributed by atoms with Crippen molar-refractivity contribution in [2.75, 3.05) is 18.9 Å². The van der Waals surface area contributed by atoms with E-state index in [1.54, 1.807) is 30.3 Å². The van der Waals surface area contributed by atoms with Crippen molar-refractivity contribution < 1.29 is 13.5 Å². The Morgan fingerprint density at radius 3 is 2.29 bits per heavy atom. The monoisotopic (exact) mass is 312 g/mol. The highest BCUT2D eigenvalue weighted by Crippen LogP contribution is 2.33. The fourth-order valence-electron chi connectivity index (χ4n) is 2.91. The molecule has 3 N–H and O–H groups in total. The molecular weight excluding hydrogens is 288 g/mol. The van der Waals surface area contributed by atoms with Crippen LogP contribution < -0.4 is 5.73 Å². The van der Waals surface area contributed by atoms with Gasteiger partial charge < -0.3 is 10.8 Å². The summed E-state index contributed by atoms with van der Waals surface area (Å²) in [6.45, 7) is 3.92. The number of rotatable bonds is 6. The molecule has 0 heterocycles. The van der Waals surface area contributed by atoms with Crippen LogP contribution >= 0.6 is 0 Å². The number of benzene rings is 1. The van der Waals surface area contributed by atoms with E-state index in [1.807, 2.05) is 0 Å². The Labute approximate surface area is 126 Å². The minimum atomic E-state index is -3.54. The molecule has 0 saturated heterocycles. The van der Waals surface area contributed by atoms with Gasteiger partial charge in [0.2, 0.25) is 10.0 Å². The van der Waals surface area contributed by atoms with E-state index in [1.165, 1.54) is 0 Å². The Hall–Kier alpha value is -1.11. The summed E-state index contributed by atoms with van der Waals surface area (Å²) in [6.07, 6.45) is 3.33. The van der Waals surface area contributed by atoms with Crippen LogP contribution in [0.25, 0.3) is 0 Å². The molecule has 0 atom stereocenters. The largest absolute Gasteiger partial charge is 0.399 e. The SMILES string of the molecule is Cc1cc(N)cc(C)c1S(=O)(=O)N(CCCO)C1CCC1. The molecule has 1 aliphatic carbocycles. The predicted molar refractivity (Wildman–Crippen MR) is 83.6 cm³/mol. The Kier molecular flexibility index (Phi) is 4.91. The first-order valence-electron chi connectivity index (χ1n) is 7.37. The van der Waals surface area contributed by atoms with Gasteiger partial charge in [-0.2, -0.15) is 4.31 Å². The zero-order valence-electron chi connectivity index (χ0n) is 12.7. The predicted octanol–water partition coefficient (Wildman–Crippen LogP) is 1.81. The fraction of sp³-hybridized carbons (Fsp3) is 0.600. The molecule has 0 spiro atoms. The second-order valence-corrected chi connectivity index (χ2v) is 7.59. The van der Waals surface area contributed by atoms with E-state index in [-0.39, 0.29) is 12.6 Å². The van der Waals surface area contributed by atoms with Crippen LogP contribution in [0.15, 0.2) is 17.0 Å². The molecule has 6 heteroatoms. The molecule has 1 aliphatic rings. The van der Waals surface area contributed by atoms with Crippen molar-refractivity contribution in [3.8, 4) is 0 Å². The van der Waals surface area contributed by atoms with E-state index in [0.717, 1.165) is 19.3 Å². The Morgan fingerprint density at radius 2 is 1.86 bits per heavy atom. The lowest BCUT2D eigenvalue weighted by Crippen LogP contribution is -2.45. The van der Waals surface area contributed by atoms with E-state index in [4.69, 9.17) is 10.8 Å². The Morgan fingerprint density at radius 1 is 1.29 bits per heavy atom. The molecule has 0 amide bonds. The summed E-state index contributed by atoms with van der Waals surface area (Å²) in [7, 11) is -3.54. The van der Waals surface area contributed by atoms with Crippen LogP contribution in [0, 0.1) is 13.8 Å². The lowest BCUT2D eigenvalue weighted by molar-refractivity contribution is 0.198. The van der Waals surface area contributed by atoms with Gasteiger partial charge in [0.1, 0.15) is 0 Å². The molecule has 1 aromatic carbocycles. The van der Waals surface area contributed by atoms with Gasteiger partial charge in [0, 0.05) is 24.9 Å². The highest BCUT2D eigenvalue weighted by atomic mass is 32.2. The first-order chi connectivity index (χ1) is 9.87. The van der Waals surface area contributed by atoms with Gasteiger partial charge in [-0.1, -0.05) is 6.42 Å². The number of aliphatic hydroxyl groups is 1. The molecule has 0 aliphatic heterocycles. The van der Waals surface area contributed by atoms with E-state index in [2.05, 4.69) is 0 Å². The second kappa shape index (κ2) is 6.34. The maximum atomic E-state index is 13.0. The summed E-state index contributed by atoms with van der Waals surface area (Å²) in [5.41, 5.74) is 7.72. The van der Waals surface area contributed by atoms with Gasteiger partial charge in [-0.15, -0.1) is 0 Å². The molecule has 5 nitrogen and oxygen atoms in total. The molecule has 0 aromatic heterocycles. The fourth-order valence-corrected chi connectivity index (χ4v) is 5.05. The Balaban J connectivity index is 2.42. The zero-order valence-corrected chi connectivity index (χ0v) is 13.5. The number of sulfonamides is 1. The third-order valence-electron chi connectivity index (χ3n) is 4.07. The van der Waals surface area contributed by atoms with E-state index in [9.17, 15) is 8.42 Å². The standard InChI is InChI=1S/C15H24N2O3S/c1-11-9-13(16)10-12(2)15(11)21(19,20)17(7-4-8-18)14-5-3-6-14/h9-10,14,18H,3-8,16H2,1-2H3. The zero-order chi connectivity index (χ0) is 15.6. The number of anilines is 1. The number of hydrogen-bond acceptors (Lipinski definition) is 4. The number of hydrogen-bond donors (Lipinski definition) is 2. The topological polar surface area (TPSA) is 83.6 Å². The molecule has 2 rings (SSSR count). The van der Waals surface area contributed by atoms with Gasteiger partial charge in [0.05, 0.1) is 4.90 Å². The van der Waals surface area contributed by atoms with Crippen LogP contribution in [0.5, 0.6) is 0 Å². The normalized spacial score (nSPS) is 16.2. The summed E-state index contributed by atoms with van der Waals surface area (Å²) >= 11 is 0. The summed E-state index contributed by atoms with van der Waals surface area (Å²) < 4.78 is 27.6. The first-order valence-corrected chi connectivity index (χ1v) is 8.81. The summed E-state index contributed by atoms with van der Waals surface area (Å²) in [4.78, 5) is 0.363. The van der Waals surface area contributed by atoms with E-state index >= 15 is 0 Å².